The Morgan fingerprint density at radius 1 is 1.53 bits per heavy atom. The Balaban J connectivity index is 1.84. The molecular weight excluding hydrogens is 254 g/mol. The predicted molar refractivity (Wildman–Crippen MR) is 75.0 cm³/mol. The first-order chi connectivity index (χ1) is 8.29. The van der Waals surface area contributed by atoms with Crippen LogP contribution in [-0.4, -0.2) is 28.0 Å². The van der Waals surface area contributed by atoms with Crippen LogP contribution >= 0.6 is 23.4 Å². The van der Waals surface area contributed by atoms with Gasteiger partial charge >= 0.3 is 0 Å². The molecule has 0 amide bonds. The third-order valence-electron chi connectivity index (χ3n) is 2.44. The van der Waals surface area contributed by atoms with Gasteiger partial charge in [-0.3, -0.25) is 0 Å². The lowest BCUT2D eigenvalue weighted by Crippen LogP contribution is -2.07. The fourth-order valence-corrected chi connectivity index (χ4v) is 2.24. The fourth-order valence-electron chi connectivity index (χ4n) is 1.47. The second-order valence-corrected chi connectivity index (χ2v) is 5.54. The average molecular weight is 270 g/mol. The molecule has 0 bridgehead atoms. The molecule has 0 aromatic carbocycles. The average Bonchev–Trinajstić information content (AvgIpc) is 3.12. The van der Waals surface area contributed by atoms with Crippen LogP contribution in [0, 0.1) is 0 Å². The molecule has 0 unspecified atom stereocenters. The summed E-state index contributed by atoms with van der Waals surface area (Å²) >= 11 is 7.82. The molecule has 92 valence electrons. The van der Waals surface area contributed by atoms with Crippen molar-refractivity contribution >= 4 is 29.2 Å². The van der Waals surface area contributed by atoms with Crippen molar-refractivity contribution < 1.29 is 0 Å². The first-order valence-electron chi connectivity index (χ1n) is 5.76. The van der Waals surface area contributed by atoms with Crippen molar-refractivity contribution in [2.45, 2.75) is 18.8 Å². The van der Waals surface area contributed by atoms with Crippen LogP contribution in [0.5, 0.6) is 0 Å². The third kappa shape index (κ3) is 4.21. The van der Waals surface area contributed by atoms with E-state index in [1.807, 2.05) is 17.8 Å². The van der Waals surface area contributed by atoms with Gasteiger partial charge in [-0.2, -0.15) is 11.8 Å². The van der Waals surface area contributed by atoms with E-state index in [1.54, 1.807) is 6.07 Å². The van der Waals surface area contributed by atoms with E-state index in [1.165, 1.54) is 12.8 Å². The summed E-state index contributed by atoms with van der Waals surface area (Å²) in [5.74, 6) is 4.28. The van der Waals surface area contributed by atoms with E-state index in [9.17, 15) is 0 Å². The number of hydrogen-bond acceptors (Lipinski definition) is 4. The van der Waals surface area contributed by atoms with Gasteiger partial charge in [-0.1, -0.05) is 17.7 Å². The van der Waals surface area contributed by atoms with Crippen molar-refractivity contribution in [2.24, 2.45) is 0 Å². The summed E-state index contributed by atoms with van der Waals surface area (Å²) in [6.07, 6.45) is 4.29. The van der Waals surface area contributed by atoms with Gasteiger partial charge in [0.2, 0.25) is 0 Å². The van der Waals surface area contributed by atoms with Crippen LogP contribution in [0.1, 0.15) is 24.6 Å². The lowest BCUT2D eigenvalue weighted by atomic mass is 10.4. The van der Waals surface area contributed by atoms with E-state index < -0.39 is 0 Å². The van der Waals surface area contributed by atoms with Crippen LogP contribution in [-0.2, 0) is 0 Å². The minimum atomic E-state index is 0.531. The van der Waals surface area contributed by atoms with Crippen LogP contribution in [0.2, 0.25) is 5.15 Å². The van der Waals surface area contributed by atoms with E-state index >= 15 is 0 Å². The smallest absolute Gasteiger partial charge is 0.135 e. The first kappa shape index (κ1) is 12.7. The second-order valence-electron chi connectivity index (χ2n) is 4.00. The molecule has 0 aliphatic heterocycles. The molecule has 3 nitrogen and oxygen atoms in total. The molecule has 1 aliphatic carbocycles. The summed E-state index contributed by atoms with van der Waals surface area (Å²) in [5.41, 5.74) is 0. The van der Waals surface area contributed by atoms with Gasteiger partial charge in [0.15, 0.2) is 0 Å². The van der Waals surface area contributed by atoms with Gasteiger partial charge < -0.3 is 5.32 Å². The largest absolute Gasteiger partial charge is 0.369 e. The highest BCUT2D eigenvalue weighted by molar-refractivity contribution is 7.99. The summed E-state index contributed by atoms with van der Waals surface area (Å²) in [6, 6.07) is 1.78. The van der Waals surface area contributed by atoms with Crippen molar-refractivity contribution in [3.05, 3.63) is 29.7 Å². The zero-order valence-electron chi connectivity index (χ0n) is 9.66. The van der Waals surface area contributed by atoms with Gasteiger partial charge in [0.1, 0.15) is 16.8 Å². The molecule has 0 radical (unpaired) electrons. The van der Waals surface area contributed by atoms with Crippen molar-refractivity contribution in [1.82, 2.24) is 9.97 Å². The van der Waals surface area contributed by atoms with Gasteiger partial charge in [0.05, 0.1) is 0 Å². The molecule has 0 saturated heterocycles. The number of nitrogens with zero attached hydrogens (tertiary/aromatic N) is 2. The molecule has 5 heteroatoms. The molecule has 1 aromatic heterocycles. The van der Waals surface area contributed by atoms with Gasteiger partial charge in [-0.15, -0.1) is 6.58 Å². The van der Waals surface area contributed by atoms with E-state index in [4.69, 9.17) is 11.6 Å². The minimum Gasteiger partial charge on any atom is -0.369 e. The summed E-state index contributed by atoms with van der Waals surface area (Å²) in [6.45, 7) is 4.57. The first-order valence-corrected chi connectivity index (χ1v) is 7.30. The Labute approximate surface area is 111 Å². The molecule has 2 rings (SSSR count). The van der Waals surface area contributed by atoms with Gasteiger partial charge in [0, 0.05) is 30.0 Å². The van der Waals surface area contributed by atoms with Crippen LogP contribution in [0.4, 0.5) is 5.82 Å². The highest BCUT2D eigenvalue weighted by Crippen LogP contribution is 2.38. The number of hydrogen-bond donors (Lipinski definition) is 1. The predicted octanol–water partition coefficient (Wildman–Crippen LogP) is 3.34. The normalized spacial score (nSPS) is 14.6. The summed E-state index contributed by atoms with van der Waals surface area (Å²) in [4.78, 5) is 8.73. The number of aromatic nitrogens is 2. The maximum Gasteiger partial charge on any atom is 0.135 e. The van der Waals surface area contributed by atoms with E-state index in [0.717, 1.165) is 29.7 Å². The maximum absolute atomic E-state index is 5.97. The molecule has 0 atom stereocenters. The number of rotatable bonds is 7. The van der Waals surface area contributed by atoms with Crippen molar-refractivity contribution in [1.29, 1.82) is 0 Å². The number of anilines is 1. The zero-order chi connectivity index (χ0) is 12.1. The second kappa shape index (κ2) is 6.26. The number of halogens is 1. The van der Waals surface area contributed by atoms with Gasteiger partial charge in [-0.25, -0.2) is 9.97 Å². The summed E-state index contributed by atoms with van der Waals surface area (Å²) in [5, 5.41) is 3.81. The van der Waals surface area contributed by atoms with Crippen molar-refractivity contribution in [3.63, 3.8) is 0 Å². The maximum atomic E-state index is 5.97. The molecule has 1 aliphatic rings. The Morgan fingerprint density at radius 3 is 3.06 bits per heavy atom. The Bertz CT molecular complexity index is 393. The van der Waals surface area contributed by atoms with E-state index in [-0.39, 0.29) is 0 Å². The summed E-state index contributed by atoms with van der Waals surface area (Å²) in [7, 11) is 0. The SMILES string of the molecule is C=CCSCCNc1cc(Cl)nc(C2CC2)n1. The standard InChI is InChI=1S/C12H16ClN3S/c1-2-6-17-7-5-14-11-8-10(13)15-12(16-11)9-3-4-9/h2,8-9H,1,3-7H2,(H,14,15,16). The number of thioether (sulfide) groups is 1. The molecule has 17 heavy (non-hydrogen) atoms. The summed E-state index contributed by atoms with van der Waals surface area (Å²) < 4.78 is 0. The van der Waals surface area contributed by atoms with Crippen LogP contribution in [0.15, 0.2) is 18.7 Å². The van der Waals surface area contributed by atoms with Crippen LogP contribution in [0.3, 0.4) is 0 Å². The molecule has 1 heterocycles. The lowest BCUT2D eigenvalue weighted by molar-refractivity contribution is 0.924. The topological polar surface area (TPSA) is 37.8 Å². The Kier molecular flexibility index (Phi) is 4.68. The molecule has 1 fully saturated rings. The highest BCUT2D eigenvalue weighted by Gasteiger charge is 2.27. The zero-order valence-corrected chi connectivity index (χ0v) is 11.2. The van der Waals surface area contributed by atoms with E-state index in [2.05, 4.69) is 21.9 Å². The quantitative estimate of drug-likeness (QED) is 0.468. The molecule has 0 spiro atoms. The molecular formula is C12H16ClN3S. The monoisotopic (exact) mass is 269 g/mol. The lowest BCUT2D eigenvalue weighted by Gasteiger charge is -2.07. The molecule has 1 N–H and O–H groups in total. The third-order valence-corrected chi connectivity index (χ3v) is 3.60. The molecule has 1 saturated carbocycles. The van der Waals surface area contributed by atoms with Crippen LogP contribution < -0.4 is 5.32 Å². The highest BCUT2D eigenvalue weighted by atomic mass is 35.5. The van der Waals surface area contributed by atoms with Crippen LogP contribution in [0.25, 0.3) is 0 Å². The Hall–Kier alpha value is -0.740. The minimum absolute atomic E-state index is 0.531. The Morgan fingerprint density at radius 2 is 2.35 bits per heavy atom. The van der Waals surface area contributed by atoms with Crippen molar-refractivity contribution in [3.8, 4) is 0 Å². The number of nitrogens with one attached hydrogen (secondary N) is 1. The van der Waals surface area contributed by atoms with Gasteiger partial charge in [-0.05, 0) is 12.8 Å². The molecule has 1 aromatic rings. The fraction of sp³-hybridized carbons (Fsp3) is 0.500. The van der Waals surface area contributed by atoms with Crippen molar-refractivity contribution in [2.75, 3.05) is 23.4 Å². The van der Waals surface area contributed by atoms with E-state index in [0.29, 0.717) is 11.1 Å². The van der Waals surface area contributed by atoms with Gasteiger partial charge in [0.25, 0.3) is 0 Å².